The summed E-state index contributed by atoms with van der Waals surface area (Å²) in [5.74, 6) is 1.24. The Kier molecular flexibility index (Phi) is 34.6. The molecule has 2 aliphatic rings. The number of Topliss-reactive ketones (excluding diaryl/α,β-unsaturated/α-hetero) is 1. The van der Waals surface area contributed by atoms with Gasteiger partial charge in [-0.15, -0.1) is 0 Å². The van der Waals surface area contributed by atoms with Crippen molar-refractivity contribution in [3.63, 3.8) is 0 Å². The summed E-state index contributed by atoms with van der Waals surface area (Å²) in [6, 6.07) is 18.7. The van der Waals surface area contributed by atoms with Crippen molar-refractivity contribution >= 4 is 57.5 Å². The zero-order chi connectivity index (χ0) is 62.7. The number of piperidine rings is 2. The number of amidine groups is 1. The quantitative estimate of drug-likeness (QED) is 0.0227. The van der Waals surface area contributed by atoms with Crippen LogP contribution in [-0.4, -0.2) is 181 Å². The van der Waals surface area contributed by atoms with E-state index in [1.54, 1.807) is 39.0 Å². The fourth-order valence-electron chi connectivity index (χ4n) is 7.07. The first kappa shape index (κ1) is 73.0. The highest BCUT2D eigenvalue weighted by Crippen LogP contribution is 2.24. The number of halogens is 1. The van der Waals surface area contributed by atoms with Crippen molar-refractivity contribution in [1.82, 2.24) is 50.1 Å². The third-order valence-electron chi connectivity index (χ3n) is 11.0. The number of amides is 1. The molecule has 1 amide bonds. The van der Waals surface area contributed by atoms with Crippen molar-refractivity contribution in [3.8, 4) is 24.0 Å². The van der Waals surface area contributed by atoms with Crippen LogP contribution in [-0.2, 0) is 40.8 Å². The first-order chi connectivity index (χ1) is 39.2. The Labute approximate surface area is 489 Å². The van der Waals surface area contributed by atoms with E-state index in [2.05, 4.69) is 70.2 Å². The van der Waals surface area contributed by atoms with Gasteiger partial charge >= 0.3 is 40.5 Å². The Bertz CT molecular complexity index is 2890. The van der Waals surface area contributed by atoms with Crippen LogP contribution in [0.25, 0.3) is 0 Å². The number of H-pyrrole nitrogens is 1. The van der Waals surface area contributed by atoms with Gasteiger partial charge in [0, 0.05) is 86.3 Å². The molecule has 6 heterocycles. The number of hydrogen-bond donors (Lipinski definition) is 6. The summed E-state index contributed by atoms with van der Waals surface area (Å²) in [5.41, 5.74) is 8.73. The molecule has 7 rings (SSSR count). The zero-order valence-corrected chi connectivity index (χ0v) is 50.7. The molecular formula is C52H79ClN14O15S. The van der Waals surface area contributed by atoms with Gasteiger partial charge in [-0.1, -0.05) is 41.9 Å². The molecule has 4 aromatic heterocycles. The topological polar surface area (TPSA) is 385 Å². The van der Waals surface area contributed by atoms with Gasteiger partial charge in [-0.05, 0) is 85.9 Å². The molecule has 1 aromatic carbocycles. The molecule has 0 atom stereocenters. The highest BCUT2D eigenvalue weighted by atomic mass is 35.5. The number of carbonyl (C=O) groups excluding carboxylic acids is 3. The number of rotatable bonds is 13. The zero-order valence-electron chi connectivity index (χ0n) is 49.2. The molecule has 0 aliphatic carbocycles. The van der Waals surface area contributed by atoms with Crippen LogP contribution in [0, 0.1) is 33.1 Å². The summed E-state index contributed by atoms with van der Waals surface area (Å²) in [6.07, 6.45) is 3.65. The largest absolute Gasteiger partial charge is 0.469 e. The molecule has 2 saturated heterocycles. The van der Waals surface area contributed by atoms with Gasteiger partial charge in [-0.3, -0.25) is 33.9 Å². The molecule has 0 unspecified atom stereocenters. The number of esters is 1. The number of anilines is 2. The van der Waals surface area contributed by atoms with Gasteiger partial charge in [0.1, 0.15) is 35.6 Å². The first-order valence-corrected chi connectivity index (χ1v) is 27.2. The maximum absolute atomic E-state index is 12.3. The molecule has 5 aromatic rings. The van der Waals surface area contributed by atoms with Gasteiger partial charge in [0.15, 0.2) is 0 Å². The molecule has 29 nitrogen and oxygen atoms in total. The maximum atomic E-state index is 12.3. The number of ether oxygens (including phenoxy) is 7. The lowest BCUT2D eigenvalue weighted by atomic mass is 10.0. The van der Waals surface area contributed by atoms with E-state index in [1.165, 1.54) is 34.3 Å². The second-order valence-corrected chi connectivity index (χ2v) is 18.8. The van der Waals surface area contributed by atoms with E-state index in [0.29, 0.717) is 48.1 Å². The van der Waals surface area contributed by atoms with Gasteiger partial charge < -0.3 is 58.9 Å². The number of carbonyl (C=O) groups is 3. The van der Waals surface area contributed by atoms with Crippen molar-refractivity contribution in [1.29, 1.82) is 5.41 Å². The number of nitrogens with zero attached hydrogens (tertiary/aromatic N) is 10. The predicted octanol–water partition coefficient (Wildman–Crippen LogP) is 4.95. The number of hydrogen-bond acceptors (Lipinski definition) is 24. The minimum atomic E-state index is -4.67. The van der Waals surface area contributed by atoms with E-state index in [4.69, 9.17) is 58.2 Å². The average Bonchev–Trinajstić information content (AvgIpc) is 3.44. The van der Waals surface area contributed by atoms with E-state index < -0.39 is 16.4 Å². The lowest BCUT2D eigenvalue weighted by Gasteiger charge is -2.36. The van der Waals surface area contributed by atoms with Crippen LogP contribution in [0.4, 0.5) is 16.4 Å². The molecule has 83 heavy (non-hydrogen) atoms. The monoisotopic (exact) mass is 1210 g/mol. The van der Waals surface area contributed by atoms with Crippen molar-refractivity contribution in [3.05, 3.63) is 98.4 Å². The SMILES string of the molecule is CCOC(=O)CC(C)=O.CNC1CCN(c2cc(C)nc(OC)n2)CC1.COC(=N)N.COc1nc(C)cc(=O)[nH]1.COc1nc(C)cc(Cl)n1.COc1nc(C)cc(N2CCC(N(C)C(=O)OCc3ccccc3)CC2)n1.O=S(=O)(O)O. The Balaban J connectivity index is 0.000000529. The summed E-state index contributed by atoms with van der Waals surface area (Å²) in [4.78, 5) is 81.2. The standard InChI is InChI=1S/C20H26N4O3.C12H20N4O.C6H7ClN2O.C6H8N2O2.C6H10O3.C2H6N2O.H2O4S/c1-15-13-18(22-19(21-15)26-3)24-11-9-17(10-12-24)23(2)20(25)27-14-16-7-5-4-6-8-16;1-9-8-11(15-12(14-9)17-3)16-6-4-10(13-2)5-7-16;1-4-3-5(7)9-6(8-4)10-2;1-4-3-5(9)8-6(7-4)10-2;1-3-9-6(8)4-5(2)7;1-5-2(3)4;1-5(2,3)4/h4-8,13,17H,9-12,14H2,1-3H3;8,10,13H,4-7H2,1-3H3;3H,1-2H3;3H,1-2H3,(H,7,8,9);3-4H2,1-2H3;1H3,(H3,3,4);(H2,1,2,3,4). The minimum Gasteiger partial charge on any atom is -0.469 e. The predicted molar refractivity (Wildman–Crippen MR) is 310 cm³/mol. The van der Waals surface area contributed by atoms with Gasteiger partial charge in [-0.2, -0.15) is 23.4 Å². The van der Waals surface area contributed by atoms with Crippen molar-refractivity contribution in [2.45, 2.75) is 92.3 Å². The normalized spacial score (nSPS) is 12.6. The van der Waals surface area contributed by atoms with Gasteiger partial charge in [0.2, 0.25) is 0 Å². The summed E-state index contributed by atoms with van der Waals surface area (Å²) < 4.78 is 65.4. The maximum Gasteiger partial charge on any atom is 0.410 e. The van der Waals surface area contributed by atoms with E-state index in [9.17, 15) is 19.2 Å². The number of nitrogens with one attached hydrogen (secondary N) is 3. The van der Waals surface area contributed by atoms with Gasteiger partial charge in [0.05, 0.1) is 42.2 Å². The molecule has 460 valence electrons. The number of nitrogens with two attached hydrogens (primary N) is 1. The van der Waals surface area contributed by atoms with Crippen LogP contribution in [0.1, 0.15) is 74.3 Å². The molecule has 0 saturated carbocycles. The fourth-order valence-corrected chi connectivity index (χ4v) is 7.30. The van der Waals surface area contributed by atoms with E-state index >= 15 is 0 Å². The van der Waals surface area contributed by atoms with Crippen molar-refractivity contribution < 1.29 is 65.1 Å². The summed E-state index contributed by atoms with van der Waals surface area (Å²) >= 11 is 5.60. The van der Waals surface area contributed by atoms with E-state index in [-0.39, 0.29) is 41.9 Å². The highest BCUT2D eigenvalue weighted by Gasteiger charge is 2.27. The van der Waals surface area contributed by atoms with E-state index in [1.807, 2.05) is 77.3 Å². The van der Waals surface area contributed by atoms with Gasteiger partial charge in [-0.25, -0.2) is 24.7 Å². The molecule has 0 spiro atoms. The van der Waals surface area contributed by atoms with Crippen LogP contribution in [0.5, 0.6) is 24.0 Å². The molecule has 0 radical (unpaired) electrons. The molecular weight excluding hydrogens is 1130 g/mol. The number of benzene rings is 1. The highest BCUT2D eigenvalue weighted by molar-refractivity contribution is 7.79. The lowest BCUT2D eigenvalue weighted by Crippen LogP contribution is -2.46. The third-order valence-corrected chi connectivity index (χ3v) is 11.2. The minimum absolute atomic E-state index is 0.103. The Hall–Kier alpha value is -8.06. The molecule has 7 N–H and O–H groups in total. The molecule has 2 fully saturated rings. The Morgan fingerprint density at radius 2 is 1.19 bits per heavy atom. The van der Waals surface area contributed by atoms with Crippen LogP contribution >= 0.6 is 11.6 Å². The number of aromatic nitrogens is 8. The Morgan fingerprint density at radius 3 is 1.59 bits per heavy atom. The van der Waals surface area contributed by atoms with Gasteiger partial charge in [0.25, 0.3) is 17.6 Å². The molecule has 2 aliphatic heterocycles. The smallest absolute Gasteiger partial charge is 0.410 e. The van der Waals surface area contributed by atoms with E-state index in [0.717, 1.165) is 86.1 Å². The fraction of sp³-hybridized carbons (Fsp3) is 0.500. The molecule has 0 bridgehead atoms. The second-order valence-electron chi connectivity index (χ2n) is 17.5. The Morgan fingerprint density at radius 1 is 0.747 bits per heavy atom. The lowest BCUT2D eigenvalue weighted by molar-refractivity contribution is -0.145. The van der Waals surface area contributed by atoms with Crippen molar-refractivity contribution in [2.75, 3.05) is 92.2 Å². The first-order valence-electron chi connectivity index (χ1n) is 25.5. The summed E-state index contributed by atoms with van der Waals surface area (Å²) in [6.45, 7) is 14.9. The summed E-state index contributed by atoms with van der Waals surface area (Å²) in [7, 11) is 6.65. The van der Waals surface area contributed by atoms with Crippen LogP contribution in [0.3, 0.4) is 0 Å². The average molecular weight is 1210 g/mol. The van der Waals surface area contributed by atoms with Crippen LogP contribution < -0.4 is 45.4 Å². The third kappa shape index (κ3) is 32.8. The number of ketones is 1. The van der Waals surface area contributed by atoms with Crippen LogP contribution in [0.15, 0.2) is 59.4 Å². The number of aryl methyl sites for hydroxylation is 4. The second kappa shape index (κ2) is 39.4. The molecule has 31 heteroatoms. The van der Waals surface area contributed by atoms with Crippen LogP contribution in [0.2, 0.25) is 5.15 Å². The number of aromatic amines is 1. The van der Waals surface area contributed by atoms with Crippen molar-refractivity contribution in [2.24, 2.45) is 5.73 Å². The summed E-state index contributed by atoms with van der Waals surface area (Å²) in [5, 5.41) is 10.0. The number of methoxy groups -OCH3 is 5.